The molecule has 2 heterocycles. The van der Waals surface area contributed by atoms with Crippen molar-refractivity contribution in [1.29, 1.82) is 0 Å². The lowest BCUT2D eigenvalue weighted by Gasteiger charge is -2.23. The van der Waals surface area contributed by atoms with E-state index in [-0.39, 0.29) is 0 Å². The van der Waals surface area contributed by atoms with Gasteiger partial charge in [-0.3, -0.25) is 0 Å². The molecule has 21 heavy (non-hydrogen) atoms. The number of nitrogens with one attached hydrogen (secondary N) is 1. The fraction of sp³-hybridized carbons (Fsp3) is 0.471. The Morgan fingerprint density at radius 2 is 2.19 bits per heavy atom. The minimum atomic E-state index is 0.394. The summed E-state index contributed by atoms with van der Waals surface area (Å²) >= 11 is 1.85. The smallest absolute Gasteiger partial charge is 0.122 e. The number of para-hydroxylation sites is 1. The fourth-order valence-corrected chi connectivity index (χ4v) is 3.93. The van der Waals surface area contributed by atoms with Gasteiger partial charge in [0.15, 0.2) is 0 Å². The molecule has 0 amide bonds. The van der Waals surface area contributed by atoms with Crippen LogP contribution in [-0.4, -0.2) is 18.1 Å². The highest BCUT2D eigenvalue weighted by molar-refractivity contribution is 7.11. The Labute approximate surface area is 130 Å². The zero-order valence-corrected chi connectivity index (χ0v) is 13.5. The predicted octanol–water partition coefficient (Wildman–Crippen LogP) is 3.53. The molecular weight excluding hydrogens is 280 g/mol. The van der Waals surface area contributed by atoms with E-state index in [1.54, 1.807) is 0 Å². The molecule has 112 valence electrons. The van der Waals surface area contributed by atoms with Crippen molar-refractivity contribution in [2.24, 2.45) is 0 Å². The number of ether oxygens (including phenoxy) is 1. The minimum Gasteiger partial charge on any atom is -0.493 e. The topological polar surface area (TPSA) is 34.1 Å². The van der Waals surface area contributed by atoms with Gasteiger partial charge in [-0.05, 0) is 31.0 Å². The molecule has 1 N–H and O–H groups in total. The fourth-order valence-electron chi connectivity index (χ4n) is 2.72. The van der Waals surface area contributed by atoms with E-state index in [2.05, 4.69) is 37.4 Å². The van der Waals surface area contributed by atoms with Crippen LogP contribution in [0.2, 0.25) is 0 Å². The van der Waals surface area contributed by atoms with Gasteiger partial charge in [0.05, 0.1) is 17.3 Å². The first-order valence-corrected chi connectivity index (χ1v) is 8.53. The second-order valence-electron chi connectivity index (χ2n) is 5.38. The van der Waals surface area contributed by atoms with Crippen LogP contribution in [0.4, 0.5) is 0 Å². The SMILES string of the molecule is CCNCc1sc(C2COc3ccccc3C2)nc1CC. The third kappa shape index (κ3) is 3.11. The first-order valence-electron chi connectivity index (χ1n) is 7.71. The van der Waals surface area contributed by atoms with Gasteiger partial charge >= 0.3 is 0 Å². The van der Waals surface area contributed by atoms with Crippen LogP contribution in [0.25, 0.3) is 0 Å². The summed E-state index contributed by atoms with van der Waals surface area (Å²) in [5.74, 6) is 1.43. The number of hydrogen-bond donors (Lipinski definition) is 1. The van der Waals surface area contributed by atoms with Gasteiger partial charge in [-0.25, -0.2) is 4.98 Å². The van der Waals surface area contributed by atoms with E-state index in [9.17, 15) is 0 Å². The Bertz CT molecular complexity index is 609. The molecule has 1 aromatic heterocycles. The summed E-state index contributed by atoms with van der Waals surface area (Å²) in [7, 11) is 0. The molecule has 0 bridgehead atoms. The molecule has 0 aliphatic carbocycles. The summed E-state index contributed by atoms with van der Waals surface area (Å²) in [6, 6.07) is 8.34. The van der Waals surface area contributed by atoms with E-state index in [1.807, 2.05) is 17.4 Å². The summed E-state index contributed by atoms with van der Waals surface area (Å²) in [6.07, 6.45) is 2.04. The molecule has 3 nitrogen and oxygen atoms in total. The molecular formula is C17H22N2OS. The van der Waals surface area contributed by atoms with E-state index in [1.165, 1.54) is 21.1 Å². The summed E-state index contributed by atoms with van der Waals surface area (Å²) in [5, 5.41) is 4.64. The molecule has 2 aromatic rings. The number of rotatable bonds is 5. The molecule has 0 spiro atoms. The molecule has 0 saturated heterocycles. The van der Waals surface area contributed by atoms with Crippen LogP contribution in [0.15, 0.2) is 24.3 Å². The monoisotopic (exact) mass is 302 g/mol. The van der Waals surface area contributed by atoms with Crippen LogP contribution in [0.3, 0.4) is 0 Å². The Morgan fingerprint density at radius 1 is 1.33 bits per heavy atom. The molecule has 0 fully saturated rings. The highest BCUT2D eigenvalue weighted by atomic mass is 32.1. The van der Waals surface area contributed by atoms with Crippen LogP contribution in [0, 0.1) is 0 Å². The second kappa shape index (κ2) is 6.58. The highest BCUT2D eigenvalue weighted by Gasteiger charge is 2.24. The lowest BCUT2D eigenvalue weighted by molar-refractivity contribution is 0.262. The van der Waals surface area contributed by atoms with E-state index in [4.69, 9.17) is 9.72 Å². The number of fused-ring (bicyclic) bond motifs is 1. The second-order valence-corrected chi connectivity index (χ2v) is 6.49. The lowest BCUT2D eigenvalue weighted by atomic mass is 9.97. The number of aromatic nitrogens is 1. The number of nitrogens with zero attached hydrogens (tertiary/aromatic N) is 1. The minimum absolute atomic E-state index is 0.394. The van der Waals surface area contributed by atoms with Gasteiger partial charge in [-0.15, -0.1) is 11.3 Å². The molecule has 1 aliphatic rings. The Kier molecular flexibility index (Phi) is 4.56. The molecule has 0 saturated carbocycles. The van der Waals surface area contributed by atoms with Crippen molar-refractivity contribution in [3.63, 3.8) is 0 Å². The lowest BCUT2D eigenvalue weighted by Crippen LogP contribution is -2.19. The first kappa shape index (κ1) is 14.5. The average Bonchev–Trinajstić information content (AvgIpc) is 2.95. The van der Waals surface area contributed by atoms with Gasteiger partial charge in [0.1, 0.15) is 5.75 Å². The van der Waals surface area contributed by atoms with Crippen molar-refractivity contribution < 1.29 is 4.74 Å². The van der Waals surface area contributed by atoms with Gasteiger partial charge < -0.3 is 10.1 Å². The Balaban J connectivity index is 1.80. The average molecular weight is 302 g/mol. The largest absolute Gasteiger partial charge is 0.493 e. The number of aryl methyl sites for hydroxylation is 1. The Hall–Kier alpha value is -1.39. The van der Waals surface area contributed by atoms with Crippen molar-refractivity contribution >= 4 is 11.3 Å². The van der Waals surface area contributed by atoms with Crippen LogP contribution >= 0.6 is 11.3 Å². The highest BCUT2D eigenvalue weighted by Crippen LogP contribution is 2.34. The van der Waals surface area contributed by atoms with Crippen molar-refractivity contribution in [3.8, 4) is 5.75 Å². The van der Waals surface area contributed by atoms with Gasteiger partial charge in [0, 0.05) is 17.3 Å². The van der Waals surface area contributed by atoms with Gasteiger partial charge in [0.2, 0.25) is 0 Å². The van der Waals surface area contributed by atoms with E-state index >= 15 is 0 Å². The summed E-state index contributed by atoms with van der Waals surface area (Å²) < 4.78 is 5.91. The van der Waals surface area contributed by atoms with Crippen molar-refractivity contribution in [3.05, 3.63) is 45.4 Å². The summed E-state index contributed by atoms with van der Waals surface area (Å²) in [5.41, 5.74) is 2.55. The van der Waals surface area contributed by atoms with E-state index < -0.39 is 0 Å². The zero-order chi connectivity index (χ0) is 14.7. The number of benzene rings is 1. The molecule has 4 heteroatoms. The Morgan fingerprint density at radius 3 is 3.00 bits per heavy atom. The first-order chi connectivity index (χ1) is 10.3. The van der Waals surface area contributed by atoms with Crippen LogP contribution in [0.1, 0.15) is 40.9 Å². The maximum absolute atomic E-state index is 5.91. The number of thiazole rings is 1. The van der Waals surface area contributed by atoms with Gasteiger partial charge in [-0.1, -0.05) is 32.0 Å². The van der Waals surface area contributed by atoms with Gasteiger partial charge in [-0.2, -0.15) is 0 Å². The maximum Gasteiger partial charge on any atom is 0.122 e. The van der Waals surface area contributed by atoms with Crippen LogP contribution < -0.4 is 10.1 Å². The van der Waals surface area contributed by atoms with Gasteiger partial charge in [0.25, 0.3) is 0 Å². The quantitative estimate of drug-likeness (QED) is 0.917. The molecule has 0 radical (unpaired) electrons. The normalized spacial score (nSPS) is 17.3. The molecule has 1 atom stereocenters. The molecule has 1 aromatic carbocycles. The van der Waals surface area contributed by atoms with Crippen molar-refractivity contribution in [2.45, 2.75) is 39.2 Å². The maximum atomic E-state index is 5.91. The summed E-state index contributed by atoms with van der Waals surface area (Å²) in [4.78, 5) is 6.26. The summed E-state index contributed by atoms with van der Waals surface area (Å²) in [6.45, 7) is 6.99. The molecule has 1 unspecified atom stereocenters. The third-order valence-electron chi connectivity index (χ3n) is 3.89. The zero-order valence-electron chi connectivity index (χ0n) is 12.7. The molecule has 3 rings (SSSR count). The molecule has 1 aliphatic heterocycles. The third-order valence-corrected chi connectivity index (χ3v) is 5.15. The standard InChI is InChI=1S/C17H22N2OS/c1-3-14-16(10-18-4-2)21-17(19-14)13-9-12-7-5-6-8-15(12)20-11-13/h5-8,13,18H,3-4,9-11H2,1-2H3. The van der Waals surface area contributed by atoms with Crippen molar-refractivity contribution in [1.82, 2.24) is 10.3 Å². The van der Waals surface area contributed by atoms with Crippen LogP contribution in [0.5, 0.6) is 5.75 Å². The van der Waals surface area contributed by atoms with Crippen LogP contribution in [-0.2, 0) is 19.4 Å². The predicted molar refractivity (Wildman–Crippen MR) is 87.3 cm³/mol. The van der Waals surface area contributed by atoms with E-state index in [0.717, 1.165) is 38.3 Å². The van der Waals surface area contributed by atoms with E-state index in [0.29, 0.717) is 5.92 Å². The van der Waals surface area contributed by atoms with Crippen molar-refractivity contribution in [2.75, 3.05) is 13.2 Å². The number of hydrogen-bond acceptors (Lipinski definition) is 4.